The summed E-state index contributed by atoms with van der Waals surface area (Å²) >= 11 is 6.02. The number of benzene rings is 3. The molecule has 0 aliphatic carbocycles. The Kier molecular flexibility index (Phi) is 4.88. The summed E-state index contributed by atoms with van der Waals surface area (Å²) in [5.74, 6) is 0.699. The van der Waals surface area contributed by atoms with Crippen LogP contribution in [0.2, 0.25) is 5.02 Å². The Bertz CT molecular complexity index is 1100. The summed E-state index contributed by atoms with van der Waals surface area (Å²) in [6.07, 6.45) is 1.73. The van der Waals surface area contributed by atoms with E-state index in [1.165, 1.54) is 12.1 Å². The molecule has 0 saturated carbocycles. The second-order valence-electron chi connectivity index (χ2n) is 6.54. The van der Waals surface area contributed by atoms with Gasteiger partial charge in [0.15, 0.2) is 5.76 Å². The van der Waals surface area contributed by atoms with Crippen LogP contribution in [-0.2, 0) is 6.61 Å². The van der Waals surface area contributed by atoms with Crippen LogP contribution in [0.4, 0.5) is 4.39 Å². The average Bonchev–Trinajstić information content (AvgIpc) is 2.96. The third-order valence-electron chi connectivity index (χ3n) is 4.39. The molecule has 0 aromatic heterocycles. The topological polar surface area (TPSA) is 35.5 Å². The standard InChI is InChI=1S/C23H16ClFO3/c1-14-3-2-4-15(9-14)10-22-23(26)19-8-7-18(12-21(19)28-22)27-13-16-5-6-17(25)11-20(16)24/h2-12H,13H2,1H3/b22-10-. The number of hydrogen-bond acceptors (Lipinski definition) is 3. The van der Waals surface area contributed by atoms with Crippen LogP contribution in [0.15, 0.2) is 66.4 Å². The Morgan fingerprint density at radius 1 is 1.11 bits per heavy atom. The fourth-order valence-electron chi connectivity index (χ4n) is 2.97. The fourth-order valence-corrected chi connectivity index (χ4v) is 3.19. The number of ketones is 1. The molecule has 3 aromatic carbocycles. The van der Waals surface area contributed by atoms with Crippen molar-refractivity contribution >= 4 is 23.5 Å². The molecule has 4 rings (SSSR count). The van der Waals surface area contributed by atoms with E-state index in [0.29, 0.717) is 27.6 Å². The quantitative estimate of drug-likeness (QED) is 0.510. The molecule has 3 aromatic rings. The molecule has 0 saturated heterocycles. The van der Waals surface area contributed by atoms with E-state index in [4.69, 9.17) is 21.1 Å². The van der Waals surface area contributed by atoms with Gasteiger partial charge in [0.25, 0.3) is 0 Å². The number of hydrogen-bond donors (Lipinski definition) is 0. The molecular weight excluding hydrogens is 379 g/mol. The first-order valence-electron chi connectivity index (χ1n) is 8.71. The summed E-state index contributed by atoms with van der Waals surface area (Å²) in [6, 6.07) is 17.0. The van der Waals surface area contributed by atoms with Crippen LogP contribution < -0.4 is 9.47 Å². The molecular formula is C23H16ClFO3. The van der Waals surface area contributed by atoms with E-state index in [2.05, 4.69) is 0 Å². The van der Waals surface area contributed by atoms with Gasteiger partial charge in [0.2, 0.25) is 5.78 Å². The van der Waals surface area contributed by atoms with Crippen molar-refractivity contribution in [3.8, 4) is 11.5 Å². The van der Waals surface area contributed by atoms with Crippen LogP contribution in [0.5, 0.6) is 11.5 Å². The highest BCUT2D eigenvalue weighted by Gasteiger charge is 2.27. The van der Waals surface area contributed by atoms with Crippen LogP contribution in [0, 0.1) is 12.7 Å². The van der Waals surface area contributed by atoms with Crippen molar-refractivity contribution in [1.82, 2.24) is 0 Å². The highest BCUT2D eigenvalue weighted by atomic mass is 35.5. The molecule has 1 aliphatic rings. The van der Waals surface area contributed by atoms with Crippen LogP contribution in [0.3, 0.4) is 0 Å². The molecule has 5 heteroatoms. The molecule has 1 aliphatic heterocycles. The van der Waals surface area contributed by atoms with Gasteiger partial charge in [0.05, 0.1) is 10.6 Å². The first-order chi connectivity index (χ1) is 13.5. The van der Waals surface area contributed by atoms with Crippen molar-refractivity contribution in [1.29, 1.82) is 0 Å². The Labute approximate surface area is 167 Å². The molecule has 28 heavy (non-hydrogen) atoms. The molecule has 0 fully saturated rings. The van der Waals surface area contributed by atoms with E-state index in [0.717, 1.165) is 11.1 Å². The summed E-state index contributed by atoms with van der Waals surface area (Å²) < 4.78 is 24.6. The lowest BCUT2D eigenvalue weighted by molar-refractivity contribution is 0.101. The van der Waals surface area contributed by atoms with E-state index in [9.17, 15) is 9.18 Å². The average molecular weight is 395 g/mol. The van der Waals surface area contributed by atoms with Crippen LogP contribution in [0.1, 0.15) is 27.0 Å². The van der Waals surface area contributed by atoms with Gasteiger partial charge in [-0.15, -0.1) is 0 Å². The summed E-state index contributed by atoms with van der Waals surface area (Å²) in [6.45, 7) is 2.17. The van der Waals surface area contributed by atoms with Gasteiger partial charge in [-0.3, -0.25) is 4.79 Å². The number of aryl methyl sites for hydroxylation is 1. The third kappa shape index (κ3) is 3.78. The van der Waals surface area contributed by atoms with Gasteiger partial charge >= 0.3 is 0 Å². The molecule has 0 unspecified atom stereocenters. The second-order valence-corrected chi connectivity index (χ2v) is 6.94. The summed E-state index contributed by atoms with van der Waals surface area (Å²) in [4.78, 5) is 12.6. The minimum atomic E-state index is -0.397. The van der Waals surface area contributed by atoms with Gasteiger partial charge in [0, 0.05) is 11.6 Å². The zero-order valence-electron chi connectivity index (χ0n) is 15.0. The summed E-state index contributed by atoms with van der Waals surface area (Å²) in [5, 5.41) is 0.302. The molecule has 3 nitrogen and oxygen atoms in total. The first-order valence-corrected chi connectivity index (χ1v) is 9.09. The normalized spacial score (nSPS) is 14.1. The Hall–Kier alpha value is -3.11. The minimum Gasteiger partial charge on any atom is -0.489 e. The van der Waals surface area contributed by atoms with Gasteiger partial charge in [-0.25, -0.2) is 4.39 Å². The minimum absolute atomic E-state index is 0.162. The predicted molar refractivity (Wildman–Crippen MR) is 106 cm³/mol. The maximum atomic E-state index is 13.1. The van der Waals surface area contributed by atoms with Crippen LogP contribution in [0.25, 0.3) is 6.08 Å². The molecule has 0 N–H and O–H groups in total. The predicted octanol–water partition coefficient (Wildman–Crippen LogP) is 5.98. The maximum Gasteiger partial charge on any atom is 0.231 e. The molecule has 0 bridgehead atoms. The van der Waals surface area contributed by atoms with Crippen molar-refractivity contribution in [3.05, 3.63) is 99.5 Å². The van der Waals surface area contributed by atoms with Gasteiger partial charge in [-0.1, -0.05) is 47.5 Å². The Balaban J connectivity index is 1.52. The maximum absolute atomic E-state index is 13.1. The summed E-state index contributed by atoms with van der Waals surface area (Å²) in [5.41, 5.74) is 3.16. The van der Waals surface area contributed by atoms with Crippen molar-refractivity contribution in [2.75, 3.05) is 0 Å². The fraction of sp³-hybridized carbons (Fsp3) is 0.0870. The van der Waals surface area contributed by atoms with Crippen molar-refractivity contribution in [2.24, 2.45) is 0 Å². The van der Waals surface area contributed by atoms with E-state index in [1.807, 2.05) is 31.2 Å². The smallest absolute Gasteiger partial charge is 0.231 e. The number of Topliss-reactive ketones (excluding diaryl/α,β-unsaturated/α-hetero) is 1. The van der Waals surface area contributed by atoms with E-state index < -0.39 is 5.82 Å². The van der Waals surface area contributed by atoms with E-state index in [-0.39, 0.29) is 18.1 Å². The molecule has 1 heterocycles. The first kappa shape index (κ1) is 18.3. The Morgan fingerprint density at radius 2 is 1.96 bits per heavy atom. The van der Waals surface area contributed by atoms with Crippen LogP contribution in [-0.4, -0.2) is 5.78 Å². The molecule has 0 spiro atoms. The number of ether oxygens (including phenoxy) is 2. The monoisotopic (exact) mass is 394 g/mol. The van der Waals surface area contributed by atoms with Crippen LogP contribution >= 0.6 is 11.6 Å². The highest BCUT2D eigenvalue weighted by molar-refractivity contribution is 6.31. The third-order valence-corrected chi connectivity index (χ3v) is 4.74. The van der Waals surface area contributed by atoms with Gasteiger partial charge in [-0.2, -0.15) is 0 Å². The molecule has 140 valence electrons. The molecule has 0 amide bonds. The molecule has 0 atom stereocenters. The number of fused-ring (bicyclic) bond motifs is 1. The summed E-state index contributed by atoms with van der Waals surface area (Å²) in [7, 11) is 0. The largest absolute Gasteiger partial charge is 0.489 e. The number of allylic oxidation sites excluding steroid dienone is 1. The lowest BCUT2D eigenvalue weighted by Crippen LogP contribution is -1.98. The van der Waals surface area contributed by atoms with Gasteiger partial charge in [-0.05, 0) is 42.8 Å². The molecule has 0 radical (unpaired) electrons. The van der Waals surface area contributed by atoms with E-state index >= 15 is 0 Å². The van der Waals surface area contributed by atoms with Crippen molar-refractivity contribution in [2.45, 2.75) is 13.5 Å². The van der Waals surface area contributed by atoms with Crippen molar-refractivity contribution < 1.29 is 18.7 Å². The second kappa shape index (κ2) is 7.49. The number of halogens is 2. The Morgan fingerprint density at radius 3 is 2.75 bits per heavy atom. The number of carbonyl (C=O) groups is 1. The van der Waals surface area contributed by atoms with Gasteiger partial charge < -0.3 is 9.47 Å². The number of carbonyl (C=O) groups excluding carboxylic acids is 1. The van der Waals surface area contributed by atoms with Crippen molar-refractivity contribution in [3.63, 3.8) is 0 Å². The SMILES string of the molecule is Cc1cccc(/C=C2\Oc3cc(OCc4ccc(F)cc4Cl)ccc3C2=O)c1. The van der Waals surface area contributed by atoms with E-state index in [1.54, 1.807) is 30.3 Å². The highest BCUT2D eigenvalue weighted by Crippen LogP contribution is 2.35. The number of rotatable bonds is 4. The van der Waals surface area contributed by atoms with Gasteiger partial charge in [0.1, 0.15) is 23.9 Å². The zero-order chi connectivity index (χ0) is 19.7. The lowest BCUT2D eigenvalue weighted by atomic mass is 10.1. The zero-order valence-corrected chi connectivity index (χ0v) is 15.8. The lowest BCUT2D eigenvalue weighted by Gasteiger charge is -2.08.